The summed E-state index contributed by atoms with van der Waals surface area (Å²) >= 11 is 0. The molecule has 5 heteroatoms. The van der Waals surface area contributed by atoms with Gasteiger partial charge in [-0.05, 0) is 30.5 Å². The molecule has 0 aliphatic carbocycles. The van der Waals surface area contributed by atoms with Crippen LogP contribution in [0.4, 0.5) is 0 Å². The molecule has 108 valence electrons. The predicted molar refractivity (Wildman–Crippen MR) is 75.7 cm³/mol. The lowest BCUT2D eigenvalue weighted by molar-refractivity contribution is -0.120. The first kappa shape index (κ1) is 15.8. The molecule has 0 fully saturated rings. The molecule has 20 heavy (non-hydrogen) atoms. The highest BCUT2D eigenvalue weighted by molar-refractivity contribution is 5.77. The highest BCUT2D eigenvalue weighted by Crippen LogP contribution is 2.28. The molecule has 0 saturated heterocycles. The normalized spacial score (nSPS) is 9.65. The Morgan fingerprint density at radius 3 is 2.85 bits per heavy atom. The Bertz CT molecular complexity index is 480. The fourth-order valence-corrected chi connectivity index (χ4v) is 1.68. The molecule has 0 aliphatic heterocycles. The fourth-order valence-electron chi connectivity index (χ4n) is 1.68. The molecule has 0 bridgehead atoms. The summed E-state index contributed by atoms with van der Waals surface area (Å²) in [5.41, 5.74) is 1.04. The number of rotatable bonds is 8. The van der Waals surface area contributed by atoms with Crippen molar-refractivity contribution in [2.45, 2.75) is 26.2 Å². The van der Waals surface area contributed by atoms with E-state index in [2.05, 4.69) is 5.32 Å². The molecule has 5 nitrogen and oxygen atoms in total. The van der Waals surface area contributed by atoms with Crippen molar-refractivity contribution in [3.05, 3.63) is 23.8 Å². The van der Waals surface area contributed by atoms with Crippen LogP contribution in [0.3, 0.4) is 0 Å². The van der Waals surface area contributed by atoms with Crippen LogP contribution in [-0.2, 0) is 11.2 Å². The van der Waals surface area contributed by atoms with E-state index in [-0.39, 0.29) is 12.3 Å². The first-order valence-electron chi connectivity index (χ1n) is 6.64. The SMILES string of the molecule is CCCOc1ccc(CCNC(=O)CC#N)cc1OC. The van der Waals surface area contributed by atoms with Crippen LogP contribution in [0.1, 0.15) is 25.3 Å². The van der Waals surface area contributed by atoms with Gasteiger partial charge in [-0.1, -0.05) is 13.0 Å². The largest absolute Gasteiger partial charge is 0.493 e. The summed E-state index contributed by atoms with van der Waals surface area (Å²) in [7, 11) is 1.60. The third-order valence-corrected chi connectivity index (χ3v) is 2.67. The number of nitrogens with zero attached hydrogens (tertiary/aromatic N) is 1. The van der Waals surface area contributed by atoms with E-state index >= 15 is 0 Å². The zero-order valence-electron chi connectivity index (χ0n) is 11.9. The molecule has 0 unspecified atom stereocenters. The first-order valence-corrected chi connectivity index (χ1v) is 6.64. The smallest absolute Gasteiger partial charge is 0.234 e. The quantitative estimate of drug-likeness (QED) is 0.789. The van der Waals surface area contributed by atoms with Gasteiger partial charge in [-0.25, -0.2) is 0 Å². The number of hydrogen-bond acceptors (Lipinski definition) is 4. The molecule has 0 aliphatic rings. The van der Waals surface area contributed by atoms with Crippen LogP contribution in [-0.4, -0.2) is 26.2 Å². The van der Waals surface area contributed by atoms with Crippen LogP contribution in [0.5, 0.6) is 11.5 Å². The number of carbonyl (C=O) groups is 1. The minimum absolute atomic E-state index is 0.104. The number of amides is 1. The second-order valence-electron chi connectivity index (χ2n) is 4.27. The van der Waals surface area contributed by atoms with Gasteiger partial charge >= 0.3 is 0 Å². The number of benzene rings is 1. The van der Waals surface area contributed by atoms with Crippen molar-refractivity contribution in [3.8, 4) is 17.6 Å². The summed E-state index contributed by atoms with van der Waals surface area (Å²) in [5, 5.41) is 11.1. The summed E-state index contributed by atoms with van der Waals surface area (Å²) in [6.07, 6.45) is 1.52. The zero-order valence-corrected chi connectivity index (χ0v) is 11.9. The molecule has 1 aromatic rings. The lowest BCUT2D eigenvalue weighted by atomic mass is 10.1. The summed E-state index contributed by atoms with van der Waals surface area (Å²) in [5.74, 6) is 1.17. The molecule has 1 amide bonds. The highest BCUT2D eigenvalue weighted by Gasteiger charge is 2.06. The monoisotopic (exact) mass is 276 g/mol. The fraction of sp³-hybridized carbons (Fsp3) is 0.467. The third kappa shape index (κ3) is 5.19. The first-order chi connectivity index (χ1) is 9.71. The number of carbonyl (C=O) groups excluding carboxylic acids is 1. The molecule has 0 spiro atoms. The Balaban J connectivity index is 2.55. The Labute approximate surface area is 119 Å². The second kappa shape index (κ2) is 8.81. The number of methoxy groups -OCH3 is 1. The van der Waals surface area contributed by atoms with Gasteiger partial charge in [0.05, 0.1) is 19.8 Å². The van der Waals surface area contributed by atoms with Crippen molar-refractivity contribution in [1.82, 2.24) is 5.32 Å². The van der Waals surface area contributed by atoms with Gasteiger partial charge in [-0.3, -0.25) is 4.79 Å². The summed E-state index contributed by atoms with van der Waals surface area (Å²) < 4.78 is 10.9. The van der Waals surface area contributed by atoms with E-state index in [9.17, 15) is 4.79 Å². The third-order valence-electron chi connectivity index (χ3n) is 2.67. The van der Waals surface area contributed by atoms with E-state index in [1.54, 1.807) is 7.11 Å². The van der Waals surface area contributed by atoms with Gasteiger partial charge < -0.3 is 14.8 Å². The maximum Gasteiger partial charge on any atom is 0.234 e. The minimum Gasteiger partial charge on any atom is -0.493 e. The van der Waals surface area contributed by atoms with E-state index < -0.39 is 0 Å². The van der Waals surface area contributed by atoms with Gasteiger partial charge in [0.25, 0.3) is 0 Å². The van der Waals surface area contributed by atoms with Crippen molar-refractivity contribution < 1.29 is 14.3 Å². The van der Waals surface area contributed by atoms with Crippen molar-refractivity contribution in [3.63, 3.8) is 0 Å². The number of hydrogen-bond donors (Lipinski definition) is 1. The van der Waals surface area contributed by atoms with Gasteiger partial charge in [0.2, 0.25) is 5.91 Å². The molecule has 1 rings (SSSR count). The summed E-state index contributed by atoms with van der Waals surface area (Å²) in [6.45, 7) is 3.20. The van der Waals surface area contributed by atoms with E-state index in [1.807, 2.05) is 31.2 Å². The van der Waals surface area contributed by atoms with Gasteiger partial charge in [0.1, 0.15) is 6.42 Å². The Morgan fingerprint density at radius 1 is 1.40 bits per heavy atom. The van der Waals surface area contributed by atoms with Crippen molar-refractivity contribution >= 4 is 5.91 Å². The predicted octanol–water partition coefficient (Wildman–Crippen LogP) is 2.06. The van der Waals surface area contributed by atoms with Crippen LogP contribution >= 0.6 is 0 Å². The summed E-state index contributed by atoms with van der Waals surface area (Å²) in [6, 6.07) is 7.54. The Kier molecular flexibility index (Phi) is 6.97. The van der Waals surface area contributed by atoms with Gasteiger partial charge in [0.15, 0.2) is 11.5 Å². The van der Waals surface area contributed by atoms with Crippen LogP contribution in [0.2, 0.25) is 0 Å². The topological polar surface area (TPSA) is 71.3 Å². The minimum atomic E-state index is -0.248. The molecule has 0 saturated carbocycles. The van der Waals surface area contributed by atoms with E-state index in [1.165, 1.54) is 0 Å². The van der Waals surface area contributed by atoms with Gasteiger partial charge in [0, 0.05) is 6.54 Å². The van der Waals surface area contributed by atoms with Gasteiger partial charge in [-0.15, -0.1) is 0 Å². The molecule has 0 heterocycles. The Morgan fingerprint density at radius 2 is 2.20 bits per heavy atom. The number of nitriles is 1. The highest BCUT2D eigenvalue weighted by atomic mass is 16.5. The van der Waals surface area contributed by atoms with Gasteiger partial charge in [-0.2, -0.15) is 5.26 Å². The maximum absolute atomic E-state index is 11.2. The van der Waals surface area contributed by atoms with Crippen LogP contribution in [0.15, 0.2) is 18.2 Å². The lowest BCUT2D eigenvalue weighted by Crippen LogP contribution is -2.24. The molecule has 0 radical (unpaired) electrons. The second-order valence-corrected chi connectivity index (χ2v) is 4.27. The number of ether oxygens (including phenoxy) is 2. The molecule has 0 atom stereocenters. The summed E-state index contributed by atoms with van der Waals surface area (Å²) in [4.78, 5) is 11.2. The average molecular weight is 276 g/mol. The standard InChI is InChI=1S/C15H20N2O3/c1-3-10-20-13-5-4-12(11-14(13)19-2)7-9-17-15(18)6-8-16/h4-5,11H,3,6-7,9-10H2,1-2H3,(H,17,18). The average Bonchev–Trinajstić information content (AvgIpc) is 2.46. The van der Waals surface area contributed by atoms with Crippen molar-refractivity contribution in [1.29, 1.82) is 5.26 Å². The molecule has 1 aromatic carbocycles. The number of nitrogens with one attached hydrogen (secondary N) is 1. The van der Waals surface area contributed by atoms with Crippen LogP contribution < -0.4 is 14.8 Å². The zero-order chi connectivity index (χ0) is 14.8. The lowest BCUT2D eigenvalue weighted by Gasteiger charge is -2.11. The Hall–Kier alpha value is -2.22. The molecular weight excluding hydrogens is 256 g/mol. The van der Waals surface area contributed by atoms with Crippen LogP contribution in [0.25, 0.3) is 0 Å². The van der Waals surface area contributed by atoms with E-state index in [0.717, 1.165) is 17.7 Å². The maximum atomic E-state index is 11.2. The van der Waals surface area contributed by atoms with Crippen molar-refractivity contribution in [2.75, 3.05) is 20.3 Å². The van der Waals surface area contributed by atoms with Crippen LogP contribution in [0, 0.1) is 11.3 Å². The van der Waals surface area contributed by atoms with E-state index in [4.69, 9.17) is 14.7 Å². The molecule has 1 N–H and O–H groups in total. The molecular formula is C15H20N2O3. The molecule has 0 aromatic heterocycles. The van der Waals surface area contributed by atoms with Crippen molar-refractivity contribution in [2.24, 2.45) is 0 Å². The van der Waals surface area contributed by atoms with E-state index in [0.29, 0.717) is 25.3 Å².